The Labute approximate surface area is 142 Å². The monoisotopic (exact) mass is 328 g/mol. The smallest absolute Gasteiger partial charge is 0.240 e. The second kappa shape index (κ2) is 8.29. The summed E-state index contributed by atoms with van der Waals surface area (Å²) in [6.45, 7) is 8.34. The lowest BCUT2D eigenvalue weighted by molar-refractivity contribution is -0.121. The maximum absolute atomic E-state index is 12.0. The molecule has 2 aromatic rings. The molecule has 0 saturated heterocycles. The average molecular weight is 328 g/mol. The highest BCUT2D eigenvalue weighted by molar-refractivity contribution is 5.99. The zero-order valence-corrected chi connectivity index (χ0v) is 14.6. The number of hydrogen-bond acceptors (Lipinski definition) is 4. The van der Waals surface area contributed by atoms with E-state index in [1.807, 2.05) is 52.0 Å². The Morgan fingerprint density at radius 2 is 2.00 bits per heavy atom. The van der Waals surface area contributed by atoms with Gasteiger partial charge in [0, 0.05) is 12.1 Å². The van der Waals surface area contributed by atoms with Crippen LogP contribution in [0.25, 0.3) is 0 Å². The Morgan fingerprint density at radius 1 is 1.29 bits per heavy atom. The zero-order chi connectivity index (χ0) is 17.5. The Bertz CT molecular complexity index is 698. The van der Waals surface area contributed by atoms with Crippen LogP contribution in [0.2, 0.25) is 0 Å². The van der Waals surface area contributed by atoms with Gasteiger partial charge in [0.25, 0.3) is 0 Å². The SMILES string of the molecule is CCOc1ccc(/C(C)=N\NC(=O)CCc2c(C)n[nH]c2C)cc1. The maximum Gasteiger partial charge on any atom is 0.240 e. The molecule has 1 heterocycles. The molecule has 0 radical (unpaired) electrons. The Balaban J connectivity index is 1.88. The van der Waals surface area contributed by atoms with Gasteiger partial charge in [-0.3, -0.25) is 9.89 Å². The van der Waals surface area contributed by atoms with Crippen molar-refractivity contribution in [2.75, 3.05) is 6.61 Å². The highest BCUT2D eigenvalue weighted by atomic mass is 16.5. The van der Waals surface area contributed by atoms with Crippen LogP contribution in [0.4, 0.5) is 0 Å². The van der Waals surface area contributed by atoms with Crippen LogP contribution in [0.5, 0.6) is 5.75 Å². The van der Waals surface area contributed by atoms with E-state index in [0.717, 1.165) is 34.0 Å². The van der Waals surface area contributed by atoms with E-state index in [0.29, 0.717) is 19.4 Å². The second-order valence-electron chi connectivity index (χ2n) is 5.60. The number of ether oxygens (including phenoxy) is 1. The van der Waals surface area contributed by atoms with Gasteiger partial charge in [-0.05, 0) is 69.5 Å². The first-order valence-electron chi connectivity index (χ1n) is 8.08. The normalized spacial score (nSPS) is 11.4. The molecule has 2 rings (SSSR count). The number of carbonyl (C=O) groups is 1. The summed E-state index contributed by atoms with van der Waals surface area (Å²) < 4.78 is 5.41. The molecule has 6 heteroatoms. The van der Waals surface area contributed by atoms with Crippen molar-refractivity contribution < 1.29 is 9.53 Å². The highest BCUT2D eigenvalue weighted by Crippen LogP contribution is 2.13. The molecule has 6 nitrogen and oxygen atoms in total. The first-order chi connectivity index (χ1) is 11.5. The fourth-order valence-electron chi connectivity index (χ4n) is 2.41. The van der Waals surface area contributed by atoms with E-state index in [4.69, 9.17) is 4.74 Å². The van der Waals surface area contributed by atoms with Gasteiger partial charge in [-0.2, -0.15) is 10.2 Å². The van der Waals surface area contributed by atoms with Crippen molar-refractivity contribution in [1.82, 2.24) is 15.6 Å². The van der Waals surface area contributed by atoms with E-state index >= 15 is 0 Å². The summed E-state index contributed by atoms with van der Waals surface area (Å²) in [6, 6.07) is 7.64. The molecule has 0 saturated carbocycles. The first-order valence-corrected chi connectivity index (χ1v) is 8.08. The third kappa shape index (κ3) is 4.68. The minimum Gasteiger partial charge on any atom is -0.494 e. The molecule has 1 aromatic carbocycles. The number of benzene rings is 1. The number of H-pyrrole nitrogens is 1. The van der Waals surface area contributed by atoms with E-state index in [-0.39, 0.29) is 5.91 Å². The molecule has 0 aliphatic rings. The largest absolute Gasteiger partial charge is 0.494 e. The Hall–Kier alpha value is -2.63. The van der Waals surface area contributed by atoms with Gasteiger partial charge in [-0.25, -0.2) is 5.43 Å². The lowest BCUT2D eigenvalue weighted by Crippen LogP contribution is -2.19. The summed E-state index contributed by atoms with van der Waals surface area (Å²) in [4.78, 5) is 12.0. The molecule has 128 valence electrons. The Morgan fingerprint density at radius 3 is 2.58 bits per heavy atom. The van der Waals surface area contributed by atoms with Crippen molar-refractivity contribution in [1.29, 1.82) is 0 Å². The number of aromatic nitrogens is 2. The lowest BCUT2D eigenvalue weighted by Gasteiger charge is -2.06. The highest BCUT2D eigenvalue weighted by Gasteiger charge is 2.09. The van der Waals surface area contributed by atoms with Crippen LogP contribution >= 0.6 is 0 Å². The molecular weight excluding hydrogens is 304 g/mol. The molecule has 0 fully saturated rings. The summed E-state index contributed by atoms with van der Waals surface area (Å²) in [6.07, 6.45) is 1.03. The molecule has 1 amide bonds. The Kier molecular flexibility index (Phi) is 6.12. The van der Waals surface area contributed by atoms with E-state index in [2.05, 4.69) is 20.7 Å². The fraction of sp³-hybridized carbons (Fsp3) is 0.389. The quantitative estimate of drug-likeness (QED) is 0.606. The standard InChI is InChI=1S/C18H24N4O2/c1-5-24-16-8-6-15(7-9-16)12(2)19-22-18(23)11-10-17-13(3)20-21-14(17)4/h6-9H,5,10-11H2,1-4H3,(H,20,21)(H,22,23)/b19-12-. The van der Waals surface area contributed by atoms with Gasteiger partial charge in [-0.1, -0.05) is 0 Å². The van der Waals surface area contributed by atoms with E-state index < -0.39 is 0 Å². The lowest BCUT2D eigenvalue weighted by atomic mass is 10.1. The molecule has 0 spiro atoms. The van der Waals surface area contributed by atoms with Crippen LogP contribution in [0, 0.1) is 13.8 Å². The maximum atomic E-state index is 12.0. The number of aromatic amines is 1. The number of hydrazone groups is 1. The van der Waals surface area contributed by atoms with Crippen molar-refractivity contribution in [3.63, 3.8) is 0 Å². The number of hydrogen-bond donors (Lipinski definition) is 2. The summed E-state index contributed by atoms with van der Waals surface area (Å²) in [5, 5.41) is 11.2. The molecule has 0 bridgehead atoms. The van der Waals surface area contributed by atoms with Gasteiger partial charge < -0.3 is 4.74 Å². The predicted octanol–water partition coefficient (Wildman–Crippen LogP) is 2.90. The number of rotatable bonds is 7. The fourth-order valence-corrected chi connectivity index (χ4v) is 2.41. The molecule has 0 aliphatic heterocycles. The average Bonchev–Trinajstić information content (AvgIpc) is 2.90. The van der Waals surface area contributed by atoms with Crippen LogP contribution in [-0.2, 0) is 11.2 Å². The zero-order valence-electron chi connectivity index (χ0n) is 14.6. The van der Waals surface area contributed by atoms with Crippen molar-refractivity contribution in [3.8, 4) is 5.75 Å². The van der Waals surface area contributed by atoms with Crippen molar-refractivity contribution in [3.05, 3.63) is 46.8 Å². The molecule has 0 atom stereocenters. The number of nitrogens with one attached hydrogen (secondary N) is 2. The summed E-state index contributed by atoms with van der Waals surface area (Å²) in [7, 11) is 0. The van der Waals surface area contributed by atoms with Crippen LogP contribution in [0.3, 0.4) is 0 Å². The number of nitrogens with zero attached hydrogens (tertiary/aromatic N) is 2. The van der Waals surface area contributed by atoms with Gasteiger partial charge >= 0.3 is 0 Å². The number of amides is 1. The van der Waals surface area contributed by atoms with Gasteiger partial charge in [-0.15, -0.1) is 0 Å². The van der Waals surface area contributed by atoms with E-state index in [9.17, 15) is 4.79 Å². The predicted molar refractivity (Wildman–Crippen MR) is 94.3 cm³/mol. The molecule has 0 unspecified atom stereocenters. The van der Waals surface area contributed by atoms with Gasteiger partial charge in [0.2, 0.25) is 5.91 Å². The number of carbonyl (C=O) groups excluding carboxylic acids is 1. The van der Waals surface area contributed by atoms with Crippen molar-refractivity contribution in [2.45, 2.75) is 40.5 Å². The number of aryl methyl sites for hydroxylation is 2. The molecule has 24 heavy (non-hydrogen) atoms. The summed E-state index contributed by atoms with van der Waals surface area (Å²) >= 11 is 0. The van der Waals surface area contributed by atoms with Gasteiger partial charge in [0.05, 0.1) is 18.0 Å². The van der Waals surface area contributed by atoms with Crippen molar-refractivity contribution in [2.24, 2.45) is 5.10 Å². The molecule has 0 aliphatic carbocycles. The van der Waals surface area contributed by atoms with Crippen LogP contribution in [0.1, 0.15) is 42.8 Å². The third-order valence-corrected chi connectivity index (χ3v) is 3.81. The van der Waals surface area contributed by atoms with Crippen LogP contribution in [0.15, 0.2) is 29.4 Å². The molecular formula is C18H24N4O2. The van der Waals surface area contributed by atoms with Crippen molar-refractivity contribution >= 4 is 11.6 Å². The van der Waals surface area contributed by atoms with Gasteiger partial charge in [0.1, 0.15) is 5.75 Å². The molecule has 1 aromatic heterocycles. The van der Waals surface area contributed by atoms with Crippen LogP contribution in [-0.4, -0.2) is 28.4 Å². The minimum absolute atomic E-state index is 0.111. The topological polar surface area (TPSA) is 79.4 Å². The second-order valence-corrected chi connectivity index (χ2v) is 5.60. The van der Waals surface area contributed by atoms with Gasteiger partial charge in [0.15, 0.2) is 0 Å². The van der Waals surface area contributed by atoms with E-state index in [1.54, 1.807) is 0 Å². The molecule has 2 N–H and O–H groups in total. The summed E-state index contributed by atoms with van der Waals surface area (Å²) in [5.74, 6) is 0.712. The summed E-state index contributed by atoms with van der Waals surface area (Å²) in [5.41, 5.74) is 7.35. The van der Waals surface area contributed by atoms with Crippen LogP contribution < -0.4 is 10.2 Å². The van der Waals surface area contributed by atoms with E-state index in [1.165, 1.54) is 0 Å². The third-order valence-electron chi connectivity index (χ3n) is 3.81. The minimum atomic E-state index is -0.111. The first kappa shape index (κ1) is 17.7.